The van der Waals surface area contributed by atoms with E-state index < -0.39 is 12.1 Å². The van der Waals surface area contributed by atoms with Crippen LogP contribution in [0.5, 0.6) is 17.2 Å². The van der Waals surface area contributed by atoms with Gasteiger partial charge in [0.25, 0.3) is 0 Å². The predicted octanol–water partition coefficient (Wildman–Crippen LogP) is 5.75. The molecule has 0 aliphatic carbocycles. The highest BCUT2D eigenvalue weighted by Gasteiger charge is 2.18. The average molecular weight is 451 g/mol. The zero-order valence-electron chi connectivity index (χ0n) is 17.1. The van der Waals surface area contributed by atoms with Gasteiger partial charge in [-0.3, -0.25) is 4.79 Å². The van der Waals surface area contributed by atoms with Crippen molar-refractivity contribution >= 4 is 28.5 Å². The molecule has 1 heterocycles. The molecular weight excluding hydrogens is 432 g/mol. The Balaban J connectivity index is 1.46. The van der Waals surface area contributed by atoms with Gasteiger partial charge in [0.1, 0.15) is 30.0 Å². The first-order valence-electron chi connectivity index (χ1n) is 9.86. The summed E-state index contributed by atoms with van der Waals surface area (Å²) in [7, 11) is 0. The fourth-order valence-electron chi connectivity index (χ4n) is 2.98. The molecule has 0 radical (unpaired) electrons. The number of hydrogen-bond donors (Lipinski definition) is 0. The van der Waals surface area contributed by atoms with Crippen molar-refractivity contribution in [3.8, 4) is 17.2 Å². The molecule has 0 N–H and O–H groups in total. The lowest BCUT2D eigenvalue weighted by Gasteiger charge is -2.14. The highest BCUT2D eigenvalue weighted by Crippen LogP contribution is 2.29. The third-order valence-corrected chi connectivity index (χ3v) is 4.95. The molecule has 4 aromatic rings. The zero-order chi connectivity index (χ0) is 22.5. The normalized spacial score (nSPS) is 11.7. The summed E-state index contributed by atoms with van der Waals surface area (Å²) in [5.41, 5.74) is 0.826. The molecule has 6 nitrogen and oxygen atoms in total. The summed E-state index contributed by atoms with van der Waals surface area (Å²) < 4.78 is 22.1. The number of halogens is 1. The Morgan fingerprint density at radius 3 is 2.53 bits per heavy atom. The van der Waals surface area contributed by atoms with Crippen molar-refractivity contribution < 1.29 is 23.4 Å². The Kier molecular flexibility index (Phi) is 6.42. The molecule has 0 amide bonds. The summed E-state index contributed by atoms with van der Waals surface area (Å²) in [6, 6.07) is 20.9. The van der Waals surface area contributed by atoms with Crippen LogP contribution in [-0.2, 0) is 16.1 Å². The second-order valence-corrected chi connectivity index (χ2v) is 7.38. The SMILES string of the molecule is CC(Oc1ccc2c(=O)c(Oc3ccccc3Cl)coc2c1)C(=O)OCc1ccccc1. The fraction of sp³-hybridized carbons (Fsp3) is 0.120. The van der Waals surface area contributed by atoms with Gasteiger partial charge in [-0.1, -0.05) is 54.1 Å². The van der Waals surface area contributed by atoms with E-state index in [-0.39, 0.29) is 17.8 Å². The number of rotatable bonds is 7. The minimum absolute atomic E-state index is 0.0112. The summed E-state index contributed by atoms with van der Waals surface area (Å²) in [4.78, 5) is 25.0. The molecule has 1 atom stereocenters. The summed E-state index contributed by atoms with van der Waals surface area (Å²) in [6.45, 7) is 1.75. The molecule has 32 heavy (non-hydrogen) atoms. The van der Waals surface area contributed by atoms with Crippen LogP contribution < -0.4 is 14.9 Å². The van der Waals surface area contributed by atoms with E-state index >= 15 is 0 Å². The molecule has 7 heteroatoms. The van der Waals surface area contributed by atoms with Gasteiger partial charge in [-0.05, 0) is 36.8 Å². The second-order valence-electron chi connectivity index (χ2n) is 6.97. The number of fused-ring (bicyclic) bond motifs is 1. The molecule has 0 aliphatic rings. The number of carbonyl (C=O) groups excluding carboxylic acids is 1. The van der Waals surface area contributed by atoms with E-state index in [0.717, 1.165) is 5.56 Å². The first-order valence-corrected chi connectivity index (χ1v) is 10.2. The molecule has 1 unspecified atom stereocenters. The maximum atomic E-state index is 12.8. The maximum absolute atomic E-state index is 12.8. The van der Waals surface area contributed by atoms with Gasteiger partial charge in [0.05, 0.1) is 10.4 Å². The minimum atomic E-state index is -0.842. The van der Waals surface area contributed by atoms with Gasteiger partial charge < -0.3 is 18.6 Å². The first-order chi connectivity index (χ1) is 15.5. The van der Waals surface area contributed by atoms with Crippen LogP contribution >= 0.6 is 11.6 Å². The van der Waals surface area contributed by atoms with Crippen LogP contribution in [0.3, 0.4) is 0 Å². The van der Waals surface area contributed by atoms with E-state index in [1.807, 2.05) is 30.3 Å². The molecule has 4 rings (SSSR count). The van der Waals surface area contributed by atoms with Crippen molar-refractivity contribution in [1.82, 2.24) is 0 Å². The maximum Gasteiger partial charge on any atom is 0.347 e. The van der Waals surface area contributed by atoms with Gasteiger partial charge >= 0.3 is 5.97 Å². The summed E-state index contributed by atoms with van der Waals surface area (Å²) >= 11 is 6.08. The molecule has 0 bridgehead atoms. The first kappa shape index (κ1) is 21.5. The van der Waals surface area contributed by atoms with Gasteiger partial charge in [0, 0.05) is 6.07 Å². The molecule has 1 aromatic heterocycles. The van der Waals surface area contributed by atoms with E-state index in [0.29, 0.717) is 27.5 Å². The van der Waals surface area contributed by atoms with Crippen molar-refractivity contribution in [2.24, 2.45) is 0 Å². The Labute approximate surface area is 188 Å². The average Bonchev–Trinajstić information content (AvgIpc) is 2.81. The number of ether oxygens (including phenoxy) is 3. The molecule has 0 saturated heterocycles. The standard InChI is InChI=1S/C25H19ClO6/c1-16(25(28)30-14-17-7-3-2-4-8-17)31-18-11-12-19-22(13-18)29-15-23(24(19)27)32-21-10-6-5-9-20(21)26/h2-13,15-16H,14H2,1H3. The number of benzene rings is 3. The zero-order valence-corrected chi connectivity index (χ0v) is 17.9. The number of hydrogen-bond acceptors (Lipinski definition) is 6. The van der Waals surface area contributed by atoms with Crippen LogP contribution in [0.4, 0.5) is 0 Å². The van der Waals surface area contributed by atoms with Crippen LogP contribution in [0.2, 0.25) is 5.02 Å². The number of para-hydroxylation sites is 1. The molecule has 162 valence electrons. The summed E-state index contributed by atoms with van der Waals surface area (Å²) in [6.07, 6.45) is 0.376. The molecular formula is C25H19ClO6. The monoisotopic (exact) mass is 450 g/mol. The van der Waals surface area contributed by atoms with E-state index in [2.05, 4.69) is 0 Å². The predicted molar refractivity (Wildman–Crippen MR) is 120 cm³/mol. The van der Waals surface area contributed by atoms with Gasteiger partial charge in [-0.15, -0.1) is 0 Å². The van der Waals surface area contributed by atoms with Crippen molar-refractivity contribution in [1.29, 1.82) is 0 Å². The Morgan fingerprint density at radius 1 is 1.00 bits per heavy atom. The summed E-state index contributed by atoms with van der Waals surface area (Å²) in [5, 5.41) is 0.685. The second kappa shape index (κ2) is 9.58. The molecule has 0 spiro atoms. The number of esters is 1. The quantitative estimate of drug-likeness (QED) is 0.334. The lowest BCUT2D eigenvalue weighted by molar-refractivity contribution is -0.152. The molecule has 0 saturated carbocycles. The van der Waals surface area contributed by atoms with Crippen LogP contribution in [0, 0.1) is 0 Å². The van der Waals surface area contributed by atoms with Gasteiger partial charge in [0.15, 0.2) is 6.10 Å². The van der Waals surface area contributed by atoms with E-state index in [1.165, 1.54) is 12.3 Å². The Bertz CT molecular complexity index is 1300. The molecule has 0 aliphatic heterocycles. The van der Waals surface area contributed by atoms with Gasteiger partial charge in [0.2, 0.25) is 11.2 Å². The molecule has 0 fully saturated rings. The van der Waals surface area contributed by atoms with E-state index in [9.17, 15) is 9.59 Å². The van der Waals surface area contributed by atoms with Gasteiger partial charge in [-0.2, -0.15) is 0 Å². The van der Waals surface area contributed by atoms with Crippen molar-refractivity contribution in [3.05, 3.63) is 99.9 Å². The van der Waals surface area contributed by atoms with Crippen molar-refractivity contribution in [3.63, 3.8) is 0 Å². The lowest BCUT2D eigenvalue weighted by atomic mass is 10.2. The highest BCUT2D eigenvalue weighted by molar-refractivity contribution is 6.32. The van der Waals surface area contributed by atoms with Crippen LogP contribution in [0.25, 0.3) is 11.0 Å². The Hall–Kier alpha value is -3.77. The fourth-order valence-corrected chi connectivity index (χ4v) is 3.15. The third kappa shape index (κ3) is 4.92. The van der Waals surface area contributed by atoms with E-state index in [4.69, 9.17) is 30.2 Å². The van der Waals surface area contributed by atoms with Crippen LogP contribution in [0.1, 0.15) is 12.5 Å². The van der Waals surface area contributed by atoms with Crippen LogP contribution in [-0.4, -0.2) is 12.1 Å². The summed E-state index contributed by atoms with van der Waals surface area (Å²) in [5.74, 6) is 0.226. The van der Waals surface area contributed by atoms with Gasteiger partial charge in [-0.25, -0.2) is 4.79 Å². The topological polar surface area (TPSA) is 75.0 Å². The van der Waals surface area contributed by atoms with Crippen molar-refractivity contribution in [2.45, 2.75) is 19.6 Å². The minimum Gasteiger partial charge on any atom is -0.479 e. The smallest absolute Gasteiger partial charge is 0.347 e. The van der Waals surface area contributed by atoms with Crippen LogP contribution in [0.15, 0.2) is 88.3 Å². The molecule has 3 aromatic carbocycles. The number of carbonyl (C=O) groups is 1. The van der Waals surface area contributed by atoms with E-state index in [1.54, 1.807) is 43.3 Å². The lowest BCUT2D eigenvalue weighted by Crippen LogP contribution is -2.26. The Morgan fingerprint density at radius 2 is 1.75 bits per heavy atom. The third-order valence-electron chi connectivity index (χ3n) is 4.64. The van der Waals surface area contributed by atoms with Crippen molar-refractivity contribution in [2.75, 3.05) is 0 Å². The largest absolute Gasteiger partial charge is 0.479 e. The highest BCUT2D eigenvalue weighted by atomic mass is 35.5.